The molecule has 0 radical (unpaired) electrons. The van der Waals surface area contributed by atoms with Crippen LogP contribution in [0.15, 0.2) is 95.9 Å². The molecule has 218 valence electrons. The lowest BCUT2D eigenvalue weighted by atomic mass is 10.0. The number of carbonyl (C=O) groups is 1. The van der Waals surface area contributed by atoms with Gasteiger partial charge in [0.1, 0.15) is 0 Å². The van der Waals surface area contributed by atoms with Crippen LogP contribution in [0.3, 0.4) is 0 Å². The summed E-state index contributed by atoms with van der Waals surface area (Å²) in [5.41, 5.74) is 19.1. The molecular formula is C35H36N6O2. The van der Waals surface area contributed by atoms with Crippen LogP contribution >= 0.6 is 0 Å². The Kier molecular flexibility index (Phi) is 7.75. The minimum absolute atomic E-state index is 0.0680. The Bertz CT molecular complexity index is 1870. The molecule has 4 aromatic carbocycles. The van der Waals surface area contributed by atoms with E-state index < -0.39 is 0 Å². The Morgan fingerprint density at radius 2 is 1.63 bits per heavy atom. The molecule has 0 atom stereocenters. The van der Waals surface area contributed by atoms with E-state index in [2.05, 4.69) is 62.4 Å². The van der Waals surface area contributed by atoms with Crippen LogP contribution in [0.25, 0.3) is 11.0 Å². The van der Waals surface area contributed by atoms with Crippen molar-refractivity contribution in [1.29, 1.82) is 0 Å². The minimum Gasteiger partial charge on any atom is -0.399 e. The van der Waals surface area contributed by atoms with Crippen molar-refractivity contribution in [2.45, 2.75) is 39.2 Å². The molecule has 5 aromatic rings. The van der Waals surface area contributed by atoms with Gasteiger partial charge in [-0.3, -0.25) is 4.79 Å². The van der Waals surface area contributed by atoms with E-state index in [1.807, 2.05) is 48.5 Å². The lowest BCUT2D eigenvalue weighted by molar-refractivity contribution is -0.114. The van der Waals surface area contributed by atoms with Gasteiger partial charge in [-0.25, -0.2) is 4.79 Å². The van der Waals surface area contributed by atoms with Crippen molar-refractivity contribution in [2.24, 2.45) is 0 Å². The molecule has 0 bridgehead atoms. The summed E-state index contributed by atoms with van der Waals surface area (Å²) in [7, 11) is 0. The van der Waals surface area contributed by atoms with Gasteiger partial charge in [0, 0.05) is 54.9 Å². The number of rotatable bonds is 6. The SMILES string of the molecule is C=C1Cc2cc(CN3CCc4cc(N)ccc43)ccc2N1.CC(=O)Nc1ccc(CCc2ccc3[nH]c(=O)[nH]c3c2)cc1. The van der Waals surface area contributed by atoms with Crippen molar-refractivity contribution in [3.8, 4) is 0 Å². The molecule has 0 spiro atoms. The fourth-order valence-corrected chi connectivity index (χ4v) is 5.83. The molecule has 0 saturated heterocycles. The Hall–Kier alpha value is -5.24. The van der Waals surface area contributed by atoms with Crippen LogP contribution in [0.4, 0.5) is 22.7 Å². The van der Waals surface area contributed by atoms with E-state index in [1.54, 1.807) is 0 Å². The number of hydrogen-bond donors (Lipinski definition) is 5. The van der Waals surface area contributed by atoms with Gasteiger partial charge in [-0.2, -0.15) is 0 Å². The number of nitrogen functional groups attached to an aromatic ring is 1. The third kappa shape index (κ3) is 6.64. The number of fused-ring (bicyclic) bond motifs is 3. The zero-order chi connectivity index (χ0) is 29.9. The summed E-state index contributed by atoms with van der Waals surface area (Å²) in [4.78, 5) is 30.2. The number of aromatic nitrogens is 2. The molecule has 8 heteroatoms. The maximum Gasteiger partial charge on any atom is 0.323 e. The molecule has 43 heavy (non-hydrogen) atoms. The van der Waals surface area contributed by atoms with Gasteiger partial charge in [-0.05, 0) is 95.6 Å². The first-order chi connectivity index (χ1) is 20.8. The number of aryl methyl sites for hydroxylation is 2. The Morgan fingerprint density at radius 1 is 0.884 bits per heavy atom. The van der Waals surface area contributed by atoms with Gasteiger partial charge in [-0.1, -0.05) is 36.9 Å². The summed E-state index contributed by atoms with van der Waals surface area (Å²) in [6.07, 6.45) is 3.82. The van der Waals surface area contributed by atoms with Crippen molar-refractivity contribution in [3.05, 3.63) is 129 Å². The minimum atomic E-state index is -0.180. The number of carbonyl (C=O) groups excluding carboxylic acids is 1. The van der Waals surface area contributed by atoms with Crippen molar-refractivity contribution in [1.82, 2.24) is 9.97 Å². The monoisotopic (exact) mass is 572 g/mol. The molecule has 0 aliphatic carbocycles. The summed E-state index contributed by atoms with van der Waals surface area (Å²) >= 11 is 0. The first-order valence-electron chi connectivity index (χ1n) is 14.6. The Balaban J connectivity index is 0.000000153. The molecule has 8 nitrogen and oxygen atoms in total. The van der Waals surface area contributed by atoms with E-state index in [0.29, 0.717) is 0 Å². The van der Waals surface area contributed by atoms with E-state index in [4.69, 9.17) is 5.73 Å². The summed E-state index contributed by atoms with van der Waals surface area (Å²) in [6, 6.07) is 26.7. The number of H-pyrrole nitrogens is 2. The van der Waals surface area contributed by atoms with Crippen LogP contribution in [-0.4, -0.2) is 22.4 Å². The van der Waals surface area contributed by atoms with Gasteiger partial charge in [-0.15, -0.1) is 0 Å². The molecule has 1 amide bonds. The van der Waals surface area contributed by atoms with Crippen molar-refractivity contribution >= 4 is 39.7 Å². The van der Waals surface area contributed by atoms with Crippen LogP contribution in [0.2, 0.25) is 0 Å². The summed E-state index contributed by atoms with van der Waals surface area (Å²) < 4.78 is 0. The molecular weight excluding hydrogens is 536 g/mol. The first kappa shape index (κ1) is 27.9. The summed E-state index contributed by atoms with van der Waals surface area (Å²) in [5.74, 6) is -0.0680. The van der Waals surface area contributed by atoms with E-state index in [1.165, 1.54) is 46.1 Å². The molecule has 7 rings (SSSR count). The summed E-state index contributed by atoms with van der Waals surface area (Å²) in [5, 5.41) is 6.07. The van der Waals surface area contributed by atoms with E-state index in [9.17, 15) is 9.59 Å². The van der Waals surface area contributed by atoms with Crippen LogP contribution in [-0.2, 0) is 37.0 Å². The number of hydrogen-bond acceptors (Lipinski definition) is 5. The lowest BCUT2D eigenvalue weighted by Crippen LogP contribution is -2.19. The molecule has 0 unspecified atom stereocenters. The fraction of sp³-hybridized carbons (Fsp3) is 0.200. The number of amides is 1. The van der Waals surface area contributed by atoms with E-state index in [0.717, 1.165) is 66.9 Å². The van der Waals surface area contributed by atoms with E-state index >= 15 is 0 Å². The number of anilines is 4. The Morgan fingerprint density at radius 3 is 2.44 bits per heavy atom. The van der Waals surface area contributed by atoms with Crippen molar-refractivity contribution < 1.29 is 4.79 Å². The highest BCUT2D eigenvalue weighted by atomic mass is 16.1. The first-order valence-corrected chi connectivity index (χ1v) is 14.6. The number of nitrogens with two attached hydrogens (primary N) is 1. The second-order valence-corrected chi connectivity index (χ2v) is 11.3. The molecule has 0 fully saturated rings. The second-order valence-electron chi connectivity index (χ2n) is 11.3. The predicted octanol–water partition coefficient (Wildman–Crippen LogP) is 5.91. The van der Waals surface area contributed by atoms with E-state index in [-0.39, 0.29) is 11.6 Å². The van der Waals surface area contributed by atoms with Gasteiger partial charge in [0.05, 0.1) is 11.0 Å². The highest BCUT2D eigenvalue weighted by Crippen LogP contribution is 2.33. The van der Waals surface area contributed by atoms with Crippen LogP contribution in [0, 0.1) is 0 Å². The van der Waals surface area contributed by atoms with Crippen LogP contribution < -0.4 is 27.0 Å². The standard InChI is InChI=1S/C18H19N3.C17H17N3O2/c1-12-8-15-9-13(2-4-17(15)20-12)11-21-7-6-14-10-16(19)3-5-18(14)21;1-11(21)18-14-7-4-12(5-8-14)2-3-13-6-9-15-16(10-13)20-17(22)19-15/h2-5,9-10,20H,1,6-8,11,19H2;4-10H,2-3H2,1H3,(H,18,21)(H2,19,20,22). The number of allylic oxidation sites excluding steroid dienone is 1. The Labute approximate surface area is 250 Å². The molecule has 0 saturated carbocycles. The quantitative estimate of drug-likeness (QED) is 0.162. The molecule has 2 aliphatic rings. The fourth-order valence-electron chi connectivity index (χ4n) is 5.83. The second kappa shape index (κ2) is 11.9. The van der Waals surface area contributed by atoms with Gasteiger partial charge < -0.3 is 31.2 Å². The van der Waals surface area contributed by atoms with Crippen LogP contribution in [0.1, 0.15) is 34.7 Å². The van der Waals surface area contributed by atoms with Crippen molar-refractivity contribution in [2.75, 3.05) is 27.8 Å². The zero-order valence-corrected chi connectivity index (χ0v) is 24.3. The third-order valence-corrected chi connectivity index (χ3v) is 7.91. The van der Waals surface area contributed by atoms with Gasteiger partial charge >= 0.3 is 5.69 Å². The molecule has 1 aromatic heterocycles. The molecule has 2 aliphatic heterocycles. The average Bonchev–Trinajstić information content (AvgIpc) is 3.67. The predicted molar refractivity (Wildman–Crippen MR) is 176 cm³/mol. The number of benzene rings is 4. The topological polar surface area (TPSA) is 119 Å². The largest absolute Gasteiger partial charge is 0.399 e. The van der Waals surface area contributed by atoms with Crippen molar-refractivity contribution in [3.63, 3.8) is 0 Å². The maximum atomic E-state index is 11.2. The zero-order valence-electron chi connectivity index (χ0n) is 24.3. The van der Waals surface area contributed by atoms with Gasteiger partial charge in [0.15, 0.2) is 0 Å². The maximum absolute atomic E-state index is 11.2. The summed E-state index contributed by atoms with van der Waals surface area (Å²) in [6.45, 7) is 7.53. The third-order valence-electron chi connectivity index (χ3n) is 7.91. The van der Waals surface area contributed by atoms with Crippen LogP contribution in [0.5, 0.6) is 0 Å². The highest BCUT2D eigenvalue weighted by Gasteiger charge is 2.20. The molecule has 3 heterocycles. The smallest absolute Gasteiger partial charge is 0.323 e. The number of nitrogens with zero attached hydrogens (tertiary/aromatic N) is 1. The normalized spacial score (nSPS) is 13.2. The van der Waals surface area contributed by atoms with Gasteiger partial charge in [0.25, 0.3) is 0 Å². The highest BCUT2D eigenvalue weighted by molar-refractivity contribution is 5.88. The number of nitrogens with one attached hydrogen (secondary N) is 4. The molecule has 6 N–H and O–H groups in total. The number of aromatic amines is 2. The number of imidazole rings is 1. The lowest BCUT2D eigenvalue weighted by Gasteiger charge is -2.20. The average molecular weight is 573 g/mol. The van der Waals surface area contributed by atoms with Gasteiger partial charge in [0.2, 0.25) is 5.91 Å².